The Morgan fingerprint density at radius 2 is 1.79 bits per heavy atom. The van der Waals surface area contributed by atoms with Crippen molar-refractivity contribution in [1.82, 2.24) is 5.32 Å². The molecule has 7 heteroatoms. The predicted octanol–water partition coefficient (Wildman–Crippen LogP) is 3.32. The van der Waals surface area contributed by atoms with E-state index in [0.717, 1.165) is 21.9 Å². The van der Waals surface area contributed by atoms with Crippen LogP contribution in [0.1, 0.15) is 36.1 Å². The summed E-state index contributed by atoms with van der Waals surface area (Å²) in [5.74, 6) is -1.12. The molecular weight excluding hydrogens is 374 g/mol. The highest BCUT2D eigenvalue weighted by Crippen LogP contribution is 2.32. The van der Waals surface area contributed by atoms with E-state index in [1.807, 2.05) is 19.9 Å². The minimum Gasteiger partial charge on any atom is -0.467 e. The number of ether oxygens (including phenoxy) is 1. The first kappa shape index (κ1) is 20.6. The summed E-state index contributed by atoms with van der Waals surface area (Å²) in [6, 6.07) is 1.14. The van der Waals surface area contributed by atoms with E-state index < -0.39 is 23.5 Å². The van der Waals surface area contributed by atoms with Gasteiger partial charge in [-0.1, -0.05) is 13.8 Å². The summed E-state index contributed by atoms with van der Waals surface area (Å²) in [4.78, 5) is 37.1. The number of carbonyl (C=O) groups is 2. The summed E-state index contributed by atoms with van der Waals surface area (Å²) in [7, 11) is 1.27. The second-order valence-corrected chi connectivity index (χ2v) is 7.66. The minimum absolute atomic E-state index is 0.152. The van der Waals surface area contributed by atoms with E-state index in [4.69, 9.17) is 13.6 Å². The number of hydrogen-bond donors (Lipinski definition) is 1. The SMILES string of the molecule is COC(=O)[C@H](NC(=O)Cc1c(C)c2cc3c(C)coc3c(C)c2oc1=O)C(C)C. The molecule has 154 valence electrons. The smallest absolute Gasteiger partial charge is 0.340 e. The number of amides is 1. The van der Waals surface area contributed by atoms with Crippen molar-refractivity contribution < 1.29 is 23.2 Å². The van der Waals surface area contributed by atoms with E-state index in [1.165, 1.54) is 7.11 Å². The van der Waals surface area contributed by atoms with Gasteiger partial charge in [0.25, 0.3) is 0 Å². The predicted molar refractivity (Wildman–Crippen MR) is 109 cm³/mol. The van der Waals surface area contributed by atoms with Crippen molar-refractivity contribution >= 4 is 33.8 Å². The maximum absolute atomic E-state index is 12.6. The Hall–Kier alpha value is -3.09. The van der Waals surface area contributed by atoms with Gasteiger partial charge in [0.2, 0.25) is 5.91 Å². The van der Waals surface area contributed by atoms with Gasteiger partial charge in [-0.3, -0.25) is 4.79 Å². The zero-order valence-corrected chi connectivity index (χ0v) is 17.5. The van der Waals surface area contributed by atoms with Crippen LogP contribution in [0, 0.1) is 26.7 Å². The van der Waals surface area contributed by atoms with Gasteiger partial charge in [0.05, 0.1) is 25.4 Å². The van der Waals surface area contributed by atoms with Crippen LogP contribution < -0.4 is 10.9 Å². The fraction of sp³-hybridized carbons (Fsp3) is 0.409. The van der Waals surface area contributed by atoms with Crippen molar-refractivity contribution in [3.05, 3.63) is 45.0 Å². The first-order valence-electron chi connectivity index (χ1n) is 9.46. The normalized spacial score (nSPS) is 12.5. The highest BCUT2D eigenvalue weighted by atomic mass is 16.5. The molecular formula is C22H25NO6. The Morgan fingerprint density at radius 3 is 2.41 bits per heavy atom. The van der Waals surface area contributed by atoms with Crippen LogP contribution >= 0.6 is 0 Å². The summed E-state index contributed by atoms with van der Waals surface area (Å²) in [6.07, 6.45) is 1.48. The minimum atomic E-state index is -0.782. The monoisotopic (exact) mass is 399 g/mol. The van der Waals surface area contributed by atoms with Crippen LogP contribution in [0.3, 0.4) is 0 Å². The molecule has 0 fully saturated rings. The number of fused-ring (bicyclic) bond motifs is 2. The first-order valence-corrected chi connectivity index (χ1v) is 9.46. The number of carbonyl (C=O) groups excluding carboxylic acids is 2. The average molecular weight is 399 g/mol. The molecule has 1 atom stereocenters. The fourth-order valence-electron chi connectivity index (χ4n) is 3.53. The number of furan rings is 1. The molecule has 0 spiro atoms. The molecule has 0 radical (unpaired) electrons. The van der Waals surface area contributed by atoms with Crippen molar-refractivity contribution in [2.24, 2.45) is 5.92 Å². The van der Waals surface area contributed by atoms with Gasteiger partial charge in [0.1, 0.15) is 17.2 Å². The standard InChI is InChI=1S/C22H25NO6/c1-10(2)18(22(26)27-6)23-17(24)8-16-12(4)15-7-14-11(3)9-28-19(14)13(5)20(15)29-21(16)25/h7,9-10,18H,8H2,1-6H3,(H,23,24)/t18-/m1/s1. The lowest BCUT2D eigenvalue weighted by atomic mass is 9.98. The van der Waals surface area contributed by atoms with Crippen molar-refractivity contribution in [2.45, 2.75) is 47.1 Å². The number of rotatable bonds is 5. The summed E-state index contributed by atoms with van der Waals surface area (Å²) in [5, 5.41) is 4.35. The lowest BCUT2D eigenvalue weighted by molar-refractivity contribution is -0.146. The summed E-state index contributed by atoms with van der Waals surface area (Å²) in [5.41, 5.74) is 3.22. The van der Waals surface area contributed by atoms with Crippen LogP contribution in [0.2, 0.25) is 0 Å². The Labute approximate surface area is 168 Å². The molecule has 0 aliphatic carbocycles. The Morgan fingerprint density at radius 1 is 1.10 bits per heavy atom. The average Bonchev–Trinajstić information content (AvgIpc) is 3.04. The largest absolute Gasteiger partial charge is 0.467 e. The topological polar surface area (TPSA) is 98.8 Å². The van der Waals surface area contributed by atoms with Crippen LogP contribution in [0.15, 0.2) is 26.0 Å². The summed E-state index contributed by atoms with van der Waals surface area (Å²) >= 11 is 0. The Balaban J connectivity index is 2.02. The van der Waals surface area contributed by atoms with Gasteiger partial charge in [-0.2, -0.15) is 0 Å². The molecule has 2 heterocycles. The second-order valence-electron chi connectivity index (χ2n) is 7.66. The molecule has 3 rings (SSSR count). The number of esters is 1. The molecule has 0 unspecified atom stereocenters. The molecule has 7 nitrogen and oxygen atoms in total. The third kappa shape index (κ3) is 3.64. The van der Waals surface area contributed by atoms with E-state index in [0.29, 0.717) is 16.7 Å². The van der Waals surface area contributed by atoms with Crippen LogP contribution in [0.4, 0.5) is 0 Å². The van der Waals surface area contributed by atoms with E-state index in [1.54, 1.807) is 27.0 Å². The number of hydrogen-bond acceptors (Lipinski definition) is 6. The third-order valence-electron chi connectivity index (χ3n) is 5.31. The van der Waals surface area contributed by atoms with Gasteiger partial charge in [-0.25, -0.2) is 9.59 Å². The van der Waals surface area contributed by atoms with Crippen molar-refractivity contribution in [3.8, 4) is 0 Å². The third-order valence-corrected chi connectivity index (χ3v) is 5.31. The molecule has 3 aromatic rings. The number of aryl methyl sites for hydroxylation is 3. The molecule has 0 saturated heterocycles. The van der Waals surface area contributed by atoms with Gasteiger partial charge in [-0.05, 0) is 43.9 Å². The lowest BCUT2D eigenvalue weighted by Crippen LogP contribution is -2.45. The zero-order valence-electron chi connectivity index (χ0n) is 17.5. The van der Waals surface area contributed by atoms with Crippen molar-refractivity contribution in [2.75, 3.05) is 7.11 Å². The highest BCUT2D eigenvalue weighted by Gasteiger charge is 2.26. The maximum Gasteiger partial charge on any atom is 0.340 e. The van der Waals surface area contributed by atoms with Gasteiger partial charge < -0.3 is 18.9 Å². The zero-order chi connectivity index (χ0) is 21.5. The Kier molecular flexibility index (Phi) is 5.50. The molecule has 0 bridgehead atoms. The van der Waals surface area contributed by atoms with E-state index in [-0.39, 0.29) is 17.9 Å². The molecule has 1 aromatic carbocycles. The molecule has 29 heavy (non-hydrogen) atoms. The second kappa shape index (κ2) is 7.73. The van der Waals surface area contributed by atoms with Crippen LogP contribution in [-0.4, -0.2) is 25.0 Å². The van der Waals surface area contributed by atoms with Crippen molar-refractivity contribution in [1.29, 1.82) is 0 Å². The molecule has 0 aliphatic heterocycles. The van der Waals surface area contributed by atoms with E-state index in [2.05, 4.69) is 5.32 Å². The molecule has 0 aliphatic rings. The number of benzene rings is 1. The van der Waals surface area contributed by atoms with Crippen LogP contribution in [0.25, 0.3) is 21.9 Å². The fourth-order valence-corrected chi connectivity index (χ4v) is 3.53. The number of methoxy groups -OCH3 is 1. The first-order chi connectivity index (χ1) is 13.6. The van der Waals surface area contributed by atoms with Gasteiger partial charge in [0.15, 0.2) is 0 Å². The molecule has 1 amide bonds. The quantitative estimate of drug-likeness (QED) is 0.522. The van der Waals surface area contributed by atoms with Gasteiger partial charge in [-0.15, -0.1) is 0 Å². The number of nitrogens with one attached hydrogen (secondary N) is 1. The van der Waals surface area contributed by atoms with Crippen LogP contribution in [-0.2, 0) is 20.7 Å². The van der Waals surface area contributed by atoms with Crippen LogP contribution in [0.5, 0.6) is 0 Å². The summed E-state index contributed by atoms with van der Waals surface area (Å²) in [6.45, 7) is 9.19. The maximum atomic E-state index is 12.6. The highest BCUT2D eigenvalue weighted by molar-refractivity contribution is 6.00. The lowest BCUT2D eigenvalue weighted by Gasteiger charge is -2.20. The van der Waals surface area contributed by atoms with Gasteiger partial charge >= 0.3 is 11.6 Å². The van der Waals surface area contributed by atoms with E-state index in [9.17, 15) is 14.4 Å². The van der Waals surface area contributed by atoms with E-state index >= 15 is 0 Å². The summed E-state index contributed by atoms with van der Waals surface area (Å²) < 4.78 is 15.9. The molecule has 0 saturated carbocycles. The molecule has 2 aromatic heterocycles. The van der Waals surface area contributed by atoms with Gasteiger partial charge in [0, 0.05) is 16.3 Å². The molecule has 1 N–H and O–H groups in total. The van der Waals surface area contributed by atoms with Crippen molar-refractivity contribution in [3.63, 3.8) is 0 Å². The Bertz CT molecular complexity index is 1170.